The molecule has 0 unspecified atom stereocenters. The Morgan fingerprint density at radius 2 is 1.72 bits per heavy atom. The summed E-state index contributed by atoms with van der Waals surface area (Å²) in [5, 5.41) is 21.2. The second-order valence-electron chi connectivity index (χ2n) is 5.31. The van der Waals surface area contributed by atoms with E-state index >= 15 is 0 Å². The van der Waals surface area contributed by atoms with Crippen molar-refractivity contribution in [3.05, 3.63) is 35.4 Å². The second-order valence-corrected chi connectivity index (χ2v) is 5.31. The van der Waals surface area contributed by atoms with Crippen LogP contribution in [0.1, 0.15) is 37.9 Å². The van der Waals surface area contributed by atoms with E-state index in [2.05, 4.69) is 50.4 Å². The number of aliphatic hydroxyl groups is 2. The lowest BCUT2D eigenvalue weighted by atomic mass is 10.00. The monoisotopic (exact) mass is 251 g/mol. The van der Waals surface area contributed by atoms with E-state index in [1.807, 2.05) is 0 Å². The summed E-state index contributed by atoms with van der Waals surface area (Å²) in [7, 11) is 0. The van der Waals surface area contributed by atoms with E-state index in [1.54, 1.807) is 0 Å². The predicted octanol–water partition coefficient (Wildman–Crippen LogP) is 1.89. The first-order chi connectivity index (χ1) is 8.52. The van der Waals surface area contributed by atoms with Gasteiger partial charge in [-0.25, -0.2) is 0 Å². The molecule has 0 heterocycles. The van der Waals surface area contributed by atoms with Gasteiger partial charge in [-0.05, 0) is 30.4 Å². The molecule has 0 saturated carbocycles. The molecule has 0 amide bonds. The molecule has 0 spiro atoms. The van der Waals surface area contributed by atoms with Crippen LogP contribution in [0.25, 0.3) is 0 Å². The summed E-state index contributed by atoms with van der Waals surface area (Å²) < 4.78 is 0. The van der Waals surface area contributed by atoms with Gasteiger partial charge >= 0.3 is 0 Å². The van der Waals surface area contributed by atoms with Gasteiger partial charge in [0.1, 0.15) is 0 Å². The molecule has 3 nitrogen and oxygen atoms in total. The van der Waals surface area contributed by atoms with E-state index < -0.39 is 6.10 Å². The summed E-state index contributed by atoms with van der Waals surface area (Å²) in [6.07, 6.45) is 0.415. The van der Waals surface area contributed by atoms with E-state index in [0.717, 1.165) is 6.42 Å². The lowest BCUT2D eigenvalue weighted by Crippen LogP contribution is -2.31. The number of rotatable bonds is 7. The Labute approximate surface area is 110 Å². The van der Waals surface area contributed by atoms with Crippen LogP contribution in [0.3, 0.4) is 0 Å². The number of nitrogens with one attached hydrogen (secondary N) is 1. The summed E-state index contributed by atoms with van der Waals surface area (Å²) in [4.78, 5) is 0. The molecule has 1 aromatic carbocycles. The van der Waals surface area contributed by atoms with Gasteiger partial charge in [0.15, 0.2) is 0 Å². The third-order valence-electron chi connectivity index (χ3n) is 2.99. The minimum Gasteiger partial charge on any atom is -0.394 e. The molecule has 0 aliphatic rings. The number of hydrogen-bond donors (Lipinski definition) is 3. The third-order valence-corrected chi connectivity index (χ3v) is 2.99. The van der Waals surface area contributed by atoms with Gasteiger partial charge in [-0.3, -0.25) is 0 Å². The van der Waals surface area contributed by atoms with Gasteiger partial charge in [0.25, 0.3) is 0 Å². The first kappa shape index (κ1) is 15.2. The highest BCUT2D eigenvalue weighted by molar-refractivity contribution is 5.25. The summed E-state index contributed by atoms with van der Waals surface area (Å²) in [5.74, 6) is 0.672. The fourth-order valence-electron chi connectivity index (χ4n) is 1.91. The van der Waals surface area contributed by atoms with E-state index in [9.17, 15) is 5.11 Å². The van der Waals surface area contributed by atoms with Crippen molar-refractivity contribution < 1.29 is 10.2 Å². The molecule has 0 bridgehead atoms. The zero-order valence-electron chi connectivity index (χ0n) is 11.6. The predicted molar refractivity (Wildman–Crippen MR) is 74.5 cm³/mol. The highest BCUT2D eigenvalue weighted by Crippen LogP contribution is 2.15. The number of hydrogen-bond acceptors (Lipinski definition) is 3. The molecule has 2 atom stereocenters. The Kier molecular flexibility index (Phi) is 6.33. The molecule has 0 aliphatic heterocycles. The largest absolute Gasteiger partial charge is 0.394 e. The van der Waals surface area contributed by atoms with Crippen LogP contribution in [0.4, 0.5) is 0 Å². The molecule has 0 aromatic heterocycles. The zero-order valence-corrected chi connectivity index (χ0v) is 11.6. The molecular weight excluding hydrogens is 226 g/mol. The normalized spacial score (nSPS) is 14.8. The molecule has 0 fully saturated rings. The summed E-state index contributed by atoms with van der Waals surface area (Å²) >= 11 is 0. The van der Waals surface area contributed by atoms with Crippen LogP contribution in [0, 0.1) is 5.92 Å². The van der Waals surface area contributed by atoms with Crippen molar-refractivity contribution in [2.45, 2.75) is 39.3 Å². The van der Waals surface area contributed by atoms with Crippen LogP contribution in [0.5, 0.6) is 0 Å². The molecule has 0 radical (unpaired) electrons. The third kappa shape index (κ3) is 5.17. The van der Waals surface area contributed by atoms with Crippen molar-refractivity contribution in [1.82, 2.24) is 5.32 Å². The highest BCUT2D eigenvalue weighted by Gasteiger charge is 2.08. The topological polar surface area (TPSA) is 52.5 Å². The van der Waals surface area contributed by atoms with Gasteiger partial charge in [-0.1, -0.05) is 38.1 Å². The molecule has 3 N–H and O–H groups in total. The average Bonchev–Trinajstić information content (AvgIpc) is 2.35. The summed E-state index contributed by atoms with van der Waals surface area (Å²) in [6.45, 7) is 6.70. The Morgan fingerprint density at radius 3 is 2.22 bits per heavy atom. The molecule has 0 saturated heterocycles. The quantitative estimate of drug-likeness (QED) is 0.693. The first-order valence-corrected chi connectivity index (χ1v) is 6.64. The van der Waals surface area contributed by atoms with Crippen LogP contribution in [-0.4, -0.2) is 29.5 Å². The van der Waals surface area contributed by atoms with Crippen molar-refractivity contribution in [3.8, 4) is 0 Å². The maximum atomic E-state index is 9.28. The van der Waals surface area contributed by atoms with Gasteiger partial charge < -0.3 is 15.5 Å². The molecule has 102 valence electrons. The minimum absolute atomic E-state index is 0.180. The van der Waals surface area contributed by atoms with Gasteiger partial charge in [0.05, 0.1) is 12.7 Å². The van der Waals surface area contributed by atoms with Crippen molar-refractivity contribution in [2.24, 2.45) is 5.92 Å². The van der Waals surface area contributed by atoms with Gasteiger partial charge in [-0.15, -0.1) is 0 Å². The molecule has 0 aliphatic carbocycles. The fourth-order valence-corrected chi connectivity index (χ4v) is 1.91. The first-order valence-electron chi connectivity index (χ1n) is 6.64. The SMILES string of the molecule is CC(C)Cc1ccc([C@H](C)NC[C@H](O)CO)cc1. The van der Waals surface area contributed by atoms with Crippen molar-refractivity contribution >= 4 is 0 Å². The summed E-state index contributed by atoms with van der Waals surface area (Å²) in [6, 6.07) is 8.76. The Morgan fingerprint density at radius 1 is 1.11 bits per heavy atom. The van der Waals surface area contributed by atoms with Gasteiger partial charge in [-0.2, -0.15) is 0 Å². The summed E-state index contributed by atoms with van der Waals surface area (Å²) in [5.41, 5.74) is 2.56. The van der Waals surface area contributed by atoms with Crippen molar-refractivity contribution in [2.75, 3.05) is 13.2 Å². The fraction of sp³-hybridized carbons (Fsp3) is 0.600. The smallest absolute Gasteiger partial charge is 0.0895 e. The van der Waals surface area contributed by atoms with Crippen LogP contribution in [-0.2, 0) is 6.42 Å². The van der Waals surface area contributed by atoms with E-state index in [-0.39, 0.29) is 12.6 Å². The standard InChI is InChI=1S/C15H25NO2/c1-11(2)8-13-4-6-14(7-5-13)12(3)16-9-15(18)10-17/h4-7,11-12,15-18H,8-10H2,1-3H3/t12-,15-/m0/s1. The van der Waals surface area contributed by atoms with Gasteiger partial charge in [0, 0.05) is 12.6 Å². The van der Waals surface area contributed by atoms with Crippen LogP contribution >= 0.6 is 0 Å². The average molecular weight is 251 g/mol. The Balaban J connectivity index is 2.50. The zero-order chi connectivity index (χ0) is 13.5. The molecule has 18 heavy (non-hydrogen) atoms. The minimum atomic E-state index is -0.687. The molecular formula is C15H25NO2. The second kappa shape index (κ2) is 7.52. The van der Waals surface area contributed by atoms with E-state index in [4.69, 9.17) is 5.11 Å². The Hall–Kier alpha value is -0.900. The number of aliphatic hydroxyl groups excluding tert-OH is 2. The Bertz CT molecular complexity index is 335. The van der Waals surface area contributed by atoms with Crippen LogP contribution < -0.4 is 5.32 Å². The van der Waals surface area contributed by atoms with Crippen LogP contribution in [0.2, 0.25) is 0 Å². The molecule has 1 rings (SSSR count). The lowest BCUT2D eigenvalue weighted by molar-refractivity contribution is 0.0924. The number of benzene rings is 1. The maximum Gasteiger partial charge on any atom is 0.0895 e. The highest BCUT2D eigenvalue weighted by atomic mass is 16.3. The van der Waals surface area contributed by atoms with Crippen molar-refractivity contribution in [1.29, 1.82) is 0 Å². The lowest BCUT2D eigenvalue weighted by Gasteiger charge is -2.17. The molecule has 1 aromatic rings. The molecule has 3 heteroatoms. The van der Waals surface area contributed by atoms with Crippen LogP contribution in [0.15, 0.2) is 24.3 Å². The van der Waals surface area contributed by atoms with E-state index in [1.165, 1.54) is 11.1 Å². The van der Waals surface area contributed by atoms with E-state index in [0.29, 0.717) is 12.5 Å². The van der Waals surface area contributed by atoms with Gasteiger partial charge in [0.2, 0.25) is 0 Å². The maximum absolute atomic E-state index is 9.28. The van der Waals surface area contributed by atoms with Crippen molar-refractivity contribution in [3.63, 3.8) is 0 Å².